The Morgan fingerprint density at radius 2 is 1.74 bits per heavy atom. The molecular weight excluding hydrogens is 240 g/mol. The molecule has 1 amide bonds. The molecule has 0 aromatic rings. The van der Waals surface area contributed by atoms with Crippen LogP contribution in [0, 0.1) is 0 Å². The summed E-state index contributed by atoms with van der Waals surface area (Å²) in [6.07, 6.45) is 3.72. The van der Waals surface area contributed by atoms with Crippen LogP contribution < -0.4 is 0 Å². The predicted octanol–water partition coefficient (Wildman–Crippen LogP) is 3.05. The number of amides is 1. The number of hydrogen-bond donors (Lipinski definition) is 1. The van der Waals surface area contributed by atoms with Crippen molar-refractivity contribution in [3.8, 4) is 0 Å². The van der Waals surface area contributed by atoms with Crippen LogP contribution in [0.3, 0.4) is 0 Å². The number of hydroxylamine groups is 2. The number of carbonyl (C=O) groups excluding carboxylic acids is 1. The molecule has 4 nitrogen and oxygen atoms in total. The van der Waals surface area contributed by atoms with Crippen molar-refractivity contribution in [3.63, 3.8) is 0 Å². The third-order valence-corrected chi connectivity index (χ3v) is 4.16. The van der Waals surface area contributed by atoms with Crippen molar-refractivity contribution in [2.24, 2.45) is 0 Å². The van der Waals surface area contributed by atoms with Gasteiger partial charge in [-0.3, -0.25) is 4.79 Å². The van der Waals surface area contributed by atoms with E-state index >= 15 is 0 Å². The number of rotatable bonds is 4. The Bertz CT molecular complexity index is 308. The van der Waals surface area contributed by atoms with Gasteiger partial charge in [-0.1, -0.05) is 13.3 Å². The van der Waals surface area contributed by atoms with E-state index < -0.39 is 0 Å². The molecule has 0 radical (unpaired) electrons. The van der Waals surface area contributed by atoms with Crippen LogP contribution >= 0.6 is 0 Å². The van der Waals surface area contributed by atoms with E-state index in [9.17, 15) is 10.0 Å². The fraction of sp³-hybridized carbons (Fsp3) is 0.933. The van der Waals surface area contributed by atoms with Crippen LogP contribution in [-0.2, 0) is 4.79 Å². The van der Waals surface area contributed by atoms with E-state index in [1.165, 1.54) is 5.06 Å². The molecule has 1 N–H and O–H groups in total. The number of likely N-dealkylation sites (tertiary alicyclic amines) is 1. The van der Waals surface area contributed by atoms with Gasteiger partial charge in [0.1, 0.15) is 0 Å². The Balaban J connectivity index is 2.86. The highest BCUT2D eigenvalue weighted by Crippen LogP contribution is 2.39. The maximum atomic E-state index is 11.9. The van der Waals surface area contributed by atoms with Gasteiger partial charge in [0.25, 0.3) is 0 Å². The number of nitrogens with zero attached hydrogens (tertiary/aromatic N) is 2. The minimum Gasteiger partial charge on any atom is -0.333 e. The Labute approximate surface area is 117 Å². The second kappa shape index (κ2) is 5.80. The molecule has 1 aliphatic rings. The zero-order valence-corrected chi connectivity index (χ0v) is 13.4. The summed E-state index contributed by atoms with van der Waals surface area (Å²) in [5.74, 6) is 0.117. The van der Waals surface area contributed by atoms with Crippen LogP contribution in [0.4, 0.5) is 0 Å². The minimum atomic E-state index is -0.217. The first-order chi connectivity index (χ1) is 8.62. The predicted molar refractivity (Wildman–Crippen MR) is 77.1 cm³/mol. The third kappa shape index (κ3) is 3.69. The van der Waals surface area contributed by atoms with Gasteiger partial charge in [0.2, 0.25) is 5.91 Å². The highest BCUT2D eigenvalue weighted by Gasteiger charge is 2.47. The van der Waals surface area contributed by atoms with Crippen molar-refractivity contribution in [3.05, 3.63) is 0 Å². The van der Waals surface area contributed by atoms with E-state index in [-0.39, 0.29) is 23.0 Å². The molecule has 1 rings (SSSR count). The van der Waals surface area contributed by atoms with Gasteiger partial charge in [0, 0.05) is 30.6 Å². The molecule has 19 heavy (non-hydrogen) atoms. The van der Waals surface area contributed by atoms with Crippen LogP contribution in [0.25, 0.3) is 0 Å². The van der Waals surface area contributed by atoms with Gasteiger partial charge >= 0.3 is 0 Å². The quantitative estimate of drug-likeness (QED) is 0.799. The van der Waals surface area contributed by atoms with Crippen molar-refractivity contribution < 1.29 is 10.0 Å². The molecule has 1 aliphatic heterocycles. The van der Waals surface area contributed by atoms with E-state index in [1.807, 2.05) is 4.90 Å². The van der Waals surface area contributed by atoms with Crippen molar-refractivity contribution >= 4 is 5.91 Å². The van der Waals surface area contributed by atoms with E-state index in [0.717, 1.165) is 25.7 Å². The van der Waals surface area contributed by atoms with Crippen LogP contribution in [0.1, 0.15) is 67.2 Å². The van der Waals surface area contributed by atoms with Crippen LogP contribution in [-0.4, -0.2) is 44.7 Å². The summed E-state index contributed by atoms with van der Waals surface area (Å²) in [5.41, 5.74) is -0.434. The zero-order valence-electron chi connectivity index (χ0n) is 13.4. The van der Waals surface area contributed by atoms with Crippen molar-refractivity contribution in [1.29, 1.82) is 0 Å². The Hall–Kier alpha value is -0.610. The van der Waals surface area contributed by atoms with Gasteiger partial charge < -0.3 is 10.1 Å². The average Bonchev–Trinajstić information content (AvgIpc) is 2.21. The molecule has 1 heterocycles. The molecule has 0 atom stereocenters. The van der Waals surface area contributed by atoms with Crippen molar-refractivity contribution in [2.45, 2.75) is 84.3 Å². The average molecular weight is 270 g/mol. The molecule has 0 spiro atoms. The molecule has 1 fully saturated rings. The lowest BCUT2D eigenvalue weighted by molar-refractivity contribution is -0.180. The lowest BCUT2D eigenvalue weighted by Crippen LogP contribution is -2.65. The van der Waals surface area contributed by atoms with Crippen molar-refractivity contribution in [2.75, 3.05) is 6.54 Å². The molecule has 1 saturated heterocycles. The summed E-state index contributed by atoms with van der Waals surface area (Å²) in [7, 11) is 0. The van der Waals surface area contributed by atoms with Crippen LogP contribution in [0.15, 0.2) is 0 Å². The summed E-state index contributed by atoms with van der Waals surface area (Å²) in [5, 5.41) is 11.7. The SMILES string of the molecule is CCCCN(O)C1CC(C)(C)N(C(C)=O)C(C)(C)C1. The number of piperidine rings is 1. The second-order valence-corrected chi connectivity index (χ2v) is 7.06. The van der Waals surface area contributed by atoms with Gasteiger partial charge in [-0.15, -0.1) is 0 Å². The first kappa shape index (κ1) is 16.4. The lowest BCUT2D eigenvalue weighted by Gasteiger charge is -2.56. The van der Waals surface area contributed by atoms with Gasteiger partial charge in [-0.25, -0.2) is 0 Å². The molecule has 0 aliphatic carbocycles. The molecule has 0 aromatic heterocycles. The summed E-state index contributed by atoms with van der Waals surface area (Å²) in [4.78, 5) is 13.9. The topological polar surface area (TPSA) is 43.8 Å². The van der Waals surface area contributed by atoms with Crippen LogP contribution in [0.5, 0.6) is 0 Å². The summed E-state index contributed by atoms with van der Waals surface area (Å²) in [6, 6.07) is 0.132. The third-order valence-electron chi connectivity index (χ3n) is 4.16. The summed E-state index contributed by atoms with van der Waals surface area (Å²) < 4.78 is 0. The van der Waals surface area contributed by atoms with Gasteiger partial charge in [-0.05, 0) is 47.0 Å². The Morgan fingerprint density at radius 1 is 1.26 bits per heavy atom. The first-order valence-corrected chi connectivity index (χ1v) is 7.38. The Morgan fingerprint density at radius 3 is 2.11 bits per heavy atom. The fourth-order valence-corrected chi connectivity index (χ4v) is 3.79. The maximum Gasteiger partial charge on any atom is 0.220 e. The molecule has 0 aromatic carbocycles. The molecular formula is C15H30N2O2. The van der Waals surface area contributed by atoms with E-state index in [2.05, 4.69) is 34.6 Å². The molecule has 0 saturated carbocycles. The fourth-order valence-electron chi connectivity index (χ4n) is 3.79. The van der Waals surface area contributed by atoms with Crippen LogP contribution in [0.2, 0.25) is 0 Å². The zero-order chi connectivity index (χ0) is 14.8. The smallest absolute Gasteiger partial charge is 0.220 e. The molecule has 0 bridgehead atoms. The van der Waals surface area contributed by atoms with E-state index in [1.54, 1.807) is 6.92 Å². The van der Waals surface area contributed by atoms with E-state index in [4.69, 9.17) is 0 Å². The lowest BCUT2D eigenvalue weighted by atomic mass is 9.76. The monoisotopic (exact) mass is 270 g/mol. The molecule has 112 valence electrons. The largest absolute Gasteiger partial charge is 0.333 e. The van der Waals surface area contributed by atoms with Gasteiger partial charge in [0.15, 0.2) is 0 Å². The Kier molecular flexibility index (Phi) is 5.02. The number of hydrogen-bond acceptors (Lipinski definition) is 3. The van der Waals surface area contributed by atoms with Gasteiger partial charge in [-0.2, -0.15) is 5.06 Å². The van der Waals surface area contributed by atoms with Gasteiger partial charge in [0.05, 0.1) is 0 Å². The molecule has 0 unspecified atom stereocenters. The standard InChI is InChI=1S/C15H30N2O2/c1-7-8-9-16(19)13-10-14(3,4)17(12(2)18)15(5,6)11-13/h13,19H,7-11H2,1-6H3. The highest BCUT2D eigenvalue weighted by molar-refractivity contribution is 5.75. The summed E-state index contributed by atoms with van der Waals surface area (Å²) in [6.45, 7) is 12.9. The normalized spacial score (nSPS) is 22.8. The minimum absolute atomic E-state index is 0.117. The number of unbranched alkanes of at least 4 members (excludes halogenated alkanes) is 1. The van der Waals surface area contributed by atoms with E-state index in [0.29, 0.717) is 6.54 Å². The summed E-state index contributed by atoms with van der Waals surface area (Å²) >= 11 is 0. The number of carbonyl (C=O) groups is 1. The first-order valence-electron chi connectivity index (χ1n) is 7.38. The second-order valence-electron chi connectivity index (χ2n) is 7.06. The highest BCUT2D eigenvalue weighted by atomic mass is 16.5. The maximum absolute atomic E-state index is 11.9. The van der Waals surface area contributed by atoms with Crippen molar-refractivity contribution in [1.82, 2.24) is 9.96 Å². The molecule has 4 heteroatoms.